The van der Waals surface area contributed by atoms with Gasteiger partial charge in [0.1, 0.15) is 14.6 Å². The largest absolute Gasteiger partial charge is 0.477 e. The van der Waals surface area contributed by atoms with Crippen LogP contribution in [0.2, 0.25) is 0 Å². The summed E-state index contributed by atoms with van der Waals surface area (Å²) in [6.07, 6.45) is 5.36. The minimum absolute atomic E-state index is 0.241. The van der Waals surface area contributed by atoms with Crippen molar-refractivity contribution in [2.75, 3.05) is 28.4 Å². The molecule has 0 spiro atoms. The fourth-order valence-electron chi connectivity index (χ4n) is 2.28. The first-order chi connectivity index (χ1) is 18.2. The maximum atomic E-state index is 11.1. The van der Waals surface area contributed by atoms with E-state index >= 15 is 0 Å². The first kappa shape index (κ1) is 37.4. The van der Waals surface area contributed by atoms with Gasteiger partial charge >= 0.3 is 17.9 Å². The van der Waals surface area contributed by atoms with Crippen molar-refractivity contribution in [2.24, 2.45) is 0 Å². The summed E-state index contributed by atoms with van der Waals surface area (Å²) in [5.74, 6) is -1.92. The van der Waals surface area contributed by atoms with Gasteiger partial charge in [0.15, 0.2) is 0 Å². The molecule has 3 aromatic heterocycles. The van der Waals surface area contributed by atoms with E-state index in [2.05, 4.69) is 68.5 Å². The summed E-state index contributed by atoms with van der Waals surface area (Å²) in [6.45, 7) is 0. The number of hydrogen-bond donors (Lipinski definition) is 2. The molecule has 0 amide bonds. The van der Waals surface area contributed by atoms with Gasteiger partial charge in [0.25, 0.3) is 0 Å². The van der Waals surface area contributed by atoms with Gasteiger partial charge in [-0.2, -0.15) is 0 Å². The number of ether oxygens (including phenoxy) is 1. The Hall–Kier alpha value is -0.570. The van der Waals surface area contributed by atoms with Gasteiger partial charge in [-0.15, -0.1) is 34.0 Å². The number of thiophene rings is 3. The van der Waals surface area contributed by atoms with Crippen molar-refractivity contribution in [1.82, 2.24) is 0 Å². The minimum Gasteiger partial charge on any atom is -0.477 e. The molecule has 0 unspecified atom stereocenters. The van der Waals surface area contributed by atoms with Crippen LogP contribution in [0.3, 0.4) is 0 Å². The maximum Gasteiger partial charge on any atom is 0.348 e. The van der Waals surface area contributed by atoms with Crippen LogP contribution in [0.5, 0.6) is 0 Å². The van der Waals surface area contributed by atoms with Gasteiger partial charge in [0.2, 0.25) is 0 Å². The number of hydrogen-bond acceptors (Lipinski definition) is 7. The smallest absolute Gasteiger partial charge is 0.348 e. The molecular weight excluding hydrogens is 812 g/mol. The summed E-state index contributed by atoms with van der Waals surface area (Å²) in [5, 5.41) is 22.8. The Morgan fingerprint density at radius 3 is 1.50 bits per heavy atom. The molecule has 0 radical (unpaired) electrons. The molecule has 0 aliphatic rings. The highest BCUT2D eigenvalue weighted by Gasteiger charge is 2.08. The summed E-state index contributed by atoms with van der Waals surface area (Å²) < 4.78 is 4.62. The Morgan fingerprint density at radius 1 is 0.711 bits per heavy atom. The summed E-state index contributed by atoms with van der Waals surface area (Å²) in [5.41, 5.74) is 0. The lowest BCUT2D eigenvalue weighted by molar-refractivity contribution is 0.0604. The molecule has 0 fully saturated rings. The molecular formula is C25H30Br4O6S3. The molecule has 3 rings (SSSR count). The normalized spacial score (nSPS) is 9.61. The van der Waals surface area contributed by atoms with Gasteiger partial charge < -0.3 is 14.9 Å². The molecule has 0 aliphatic heterocycles. The molecule has 6 nitrogen and oxygen atoms in total. The molecule has 0 saturated carbocycles. The molecule has 0 aromatic carbocycles. The van der Waals surface area contributed by atoms with E-state index in [-0.39, 0.29) is 5.97 Å². The Balaban J connectivity index is 0.000000507. The highest BCUT2D eigenvalue weighted by Crippen LogP contribution is 2.19. The average Bonchev–Trinajstić information content (AvgIpc) is 3.69. The van der Waals surface area contributed by atoms with Crippen LogP contribution < -0.4 is 0 Å². The second kappa shape index (κ2) is 24.2. The Morgan fingerprint density at radius 2 is 1.18 bits per heavy atom. The molecule has 3 aromatic rings. The maximum absolute atomic E-state index is 11.1. The number of carbonyl (C=O) groups is 3. The molecule has 13 heteroatoms. The monoisotopic (exact) mass is 838 g/mol. The van der Waals surface area contributed by atoms with Gasteiger partial charge in [-0.1, -0.05) is 69.8 Å². The molecule has 212 valence electrons. The molecule has 3 heterocycles. The van der Waals surface area contributed by atoms with Gasteiger partial charge in [-0.3, -0.25) is 0 Å². The van der Waals surface area contributed by atoms with Crippen LogP contribution in [0.15, 0.2) is 41.8 Å². The Kier molecular flexibility index (Phi) is 23.9. The van der Waals surface area contributed by atoms with Crippen molar-refractivity contribution in [3.63, 3.8) is 0 Å². The SMILES string of the molecule is BrCCCBr.COC(=O)c1ccc(CCCBr)s1.O=C(O)c1ccc(CCCBr)s1.O=C(O)c1cccs1. The number of halogens is 4. The van der Waals surface area contributed by atoms with E-state index in [0.29, 0.717) is 14.6 Å². The number of aryl methyl sites for hydroxylation is 2. The lowest BCUT2D eigenvalue weighted by atomic mass is 10.3. The third kappa shape index (κ3) is 17.9. The molecule has 0 saturated heterocycles. The zero-order valence-corrected chi connectivity index (χ0v) is 29.5. The number of carbonyl (C=O) groups excluding carboxylic acids is 1. The molecule has 38 heavy (non-hydrogen) atoms. The van der Waals surface area contributed by atoms with Crippen LogP contribution in [0, 0.1) is 0 Å². The van der Waals surface area contributed by atoms with Gasteiger partial charge in [-0.25, -0.2) is 14.4 Å². The summed E-state index contributed by atoms with van der Waals surface area (Å²) in [4.78, 5) is 35.5. The fraction of sp³-hybridized carbons (Fsp3) is 0.400. The molecule has 0 atom stereocenters. The zero-order valence-electron chi connectivity index (χ0n) is 20.7. The number of rotatable bonds is 11. The van der Waals surface area contributed by atoms with E-state index < -0.39 is 11.9 Å². The van der Waals surface area contributed by atoms with Crippen molar-refractivity contribution in [3.05, 3.63) is 66.2 Å². The number of alkyl halides is 4. The molecule has 2 N–H and O–H groups in total. The lowest BCUT2D eigenvalue weighted by Crippen LogP contribution is -1.96. The second-order valence-electron chi connectivity index (χ2n) is 6.93. The van der Waals surface area contributed by atoms with Crippen molar-refractivity contribution < 1.29 is 29.3 Å². The minimum atomic E-state index is -0.847. The quantitative estimate of drug-likeness (QED) is 0.148. The van der Waals surface area contributed by atoms with Crippen LogP contribution in [0.1, 0.15) is 58.0 Å². The van der Waals surface area contributed by atoms with Gasteiger partial charge in [0.05, 0.1) is 7.11 Å². The van der Waals surface area contributed by atoms with E-state index in [1.54, 1.807) is 23.6 Å². The van der Waals surface area contributed by atoms with E-state index in [1.165, 1.54) is 52.4 Å². The number of aromatic carboxylic acids is 2. The first-order valence-electron chi connectivity index (χ1n) is 11.2. The Bertz CT molecular complexity index is 1040. The van der Waals surface area contributed by atoms with E-state index in [0.717, 1.165) is 51.9 Å². The number of carboxylic acid groups (broad SMARTS) is 2. The predicted octanol–water partition coefficient (Wildman–Crippen LogP) is 9.25. The van der Waals surface area contributed by atoms with Crippen LogP contribution in [0.25, 0.3) is 0 Å². The third-order valence-electron chi connectivity index (χ3n) is 4.03. The first-order valence-corrected chi connectivity index (χ1v) is 18.2. The number of esters is 1. The number of methoxy groups -OCH3 is 1. The highest BCUT2D eigenvalue weighted by atomic mass is 79.9. The summed E-state index contributed by atoms with van der Waals surface area (Å²) in [6, 6.07) is 10.6. The van der Waals surface area contributed by atoms with Crippen LogP contribution in [0.4, 0.5) is 0 Å². The summed E-state index contributed by atoms with van der Waals surface area (Å²) >= 11 is 17.4. The number of carboxylic acids is 2. The standard InChI is InChI=1S/C9H11BrO2S.C8H9BrO2S.C5H4O2S.C3H6Br2/c1-12-9(11)8-5-4-7(13-8)3-2-6-10;9-5-1-2-6-3-4-7(12-6)8(10)11;6-5(7)4-2-1-3-8-4;4-2-1-3-5/h4-5H,2-3,6H2,1H3;3-4H,1-2,5H2,(H,10,11);1-3H,(H,6,7);1-3H2. The summed E-state index contributed by atoms with van der Waals surface area (Å²) in [7, 11) is 1.40. The lowest BCUT2D eigenvalue weighted by Gasteiger charge is -1.93. The van der Waals surface area contributed by atoms with Gasteiger partial charge in [0, 0.05) is 31.1 Å². The van der Waals surface area contributed by atoms with Crippen molar-refractivity contribution in [2.45, 2.75) is 32.1 Å². The molecule has 0 aliphatic carbocycles. The Labute approximate surface area is 269 Å². The average molecular weight is 842 g/mol. The third-order valence-corrected chi connectivity index (χ3v) is 9.39. The van der Waals surface area contributed by atoms with Crippen LogP contribution in [-0.4, -0.2) is 56.6 Å². The highest BCUT2D eigenvalue weighted by molar-refractivity contribution is 9.10. The van der Waals surface area contributed by atoms with Crippen LogP contribution in [-0.2, 0) is 17.6 Å². The van der Waals surface area contributed by atoms with Crippen molar-refractivity contribution >= 4 is 116 Å². The van der Waals surface area contributed by atoms with E-state index in [1.807, 2.05) is 18.2 Å². The fourth-order valence-corrected chi connectivity index (χ4v) is 6.57. The predicted molar refractivity (Wildman–Crippen MR) is 175 cm³/mol. The van der Waals surface area contributed by atoms with E-state index in [9.17, 15) is 14.4 Å². The second-order valence-corrected chi connectivity index (χ2v) is 13.4. The molecule has 0 bridgehead atoms. The van der Waals surface area contributed by atoms with Crippen LogP contribution >= 0.6 is 97.7 Å². The van der Waals surface area contributed by atoms with Crippen molar-refractivity contribution in [1.29, 1.82) is 0 Å². The zero-order chi connectivity index (χ0) is 28.8. The van der Waals surface area contributed by atoms with E-state index in [4.69, 9.17) is 10.2 Å². The van der Waals surface area contributed by atoms with Crippen molar-refractivity contribution in [3.8, 4) is 0 Å². The topological polar surface area (TPSA) is 101 Å². The van der Waals surface area contributed by atoms with Gasteiger partial charge in [-0.05, 0) is 67.8 Å².